The van der Waals surface area contributed by atoms with Crippen molar-refractivity contribution in [2.75, 3.05) is 5.32 Å². The highest BCUT2D eigenvalue weighted by Crippen LogP contribution is 2.12. The van der Waals surface area contributed by atoms with Gasteiger partial charge >= 0.3 is 0 Å². The van der Waals surface area contributed by atoms with Crippen LogP contribution in [0.3, 0.4) is 0 Å². The molecule has 1 aromatic carbocycles. The third-order valence-corrected chi connectivity index (χ3v) is 2.66. The quantitative estimate of drug-likeness (QED) is 0.908. The van der Waals surface area contributed by atoms with E-state index in [9.17, 15) is 8.78 Å². The highest BCUT2D eigenvalue weighted by molar-refractivity contribution is 5.35. The summed E-state index contributed by atoms with van der Waals surface area (Å²) < 4.78 is 26.3. The minimum atomic E-state index is -0.459. The van der Waals surface area contributed by atoms with Crippen molar-refractivity contribution in [3.63, 3.8) is 0 Å². The smallest absolute Gasteiger partial charge is 0.145 e. The maximum Gasteiger partial charge on any atom is 0.145 e. The number of rotatable bonds is 3. The Hall–Kier alpha value is -2.04. The zero-order valence-electron chi connectivity index (χ0n) is 10.2. The number of nitrogens with zero attached hydrogens (tertiary/aromatic N) is 2. The third-order valence-electron chi connectivity index (χ3n) is 2.66. The number of anilines is 1. The van der Waals surface area contributed by atoms with Gasteiger partial charge in [-0.15, -0.1) is 0 Å². The first-order valence-corrected chi connectivity index (χ1v) is 5.54. The van der Waals surface area contributed by atoms with Gasteiger partial charge in [0.2, 0.25) is 0 Å². The summed E-state index contributed by atoms with van der Waals surface area (Å²) >= 11 is 0. The summed E-state index contributed by atoms with van der Waals surface area (Å²) in [6.07, 6.45) is 1.57. The Morgan fingerprint density at radius 1 is 1.17 bits per heavy atom. The molecule has 3 nitrogen and oxygen atoms in total. The van der Waals surface area contributed by atoms with Crippen molar-refractivity contribution in [3.8, 4) is 0 Å². The van der Waals surface area contributed by atoms with Gasteiger partial charge in [0.15, 0.2) is 0 Å². The molecule has 0 unspecified atom stereocenters. The highest BCUT2D eigenvalue weighted by atomic mass is 19.1. The van der Waals surface area contributed by atoms with Gasteiger partial charge in [0.05, 0.1) is 17.6 Å². The van der Waals surface area contributed by atoms with Gasteiger partial charge in [-0.3, -0.25) is 4.98 Å². The molecule has 2 rings (SSSR count). The Kier molecular flexibility index (Phi) is 3.50. The first kappa shape index (κ1) is 12.4. The number of benzene rings is 1. The molecule has 0 radical (unpaired) electrons. The van der Waals surface area contributed by atoms with Gasteiger partial charge in [0, 0.05) is 12.1 Å². The predicted octanol–water partition coefficient (Wildman–Crippen LogP) is 2.98. The molecule has 0 fully saturated rings. The molecule has 0 atom stereocenters. The molecular formula is C13H13F2N3. The molecule has 0 aliphatic rings. The standard InChI is InChI=1S/C13H13F2N3/c1-8-9(2)18-13(7-16-8)17-6-10-5-11(14)3-4-12(10)15/h3-5,7H,6H2,1-2H3,(H,17,18). The van der Waals surface area contributed by atoms with Gasteiger partial charge < -0.3 is 5.32 Å². The van der Waals surface area contributed by atoms with E-state index in [1.807, 2.05) is 13.8 Å². The molecule has 0 saturated heterocycles. The lowest BCUT2D eigenvalue weighted by atomic mass is 10.2. The van der Waals surface area contributed by atoms with Crippen LogP contribution in [0.1, 0.15) is 17.0 Å². The third kappa shape index (κ3) is 2.80. The summed E-state index contributed by atoms with van der Waals surface area (Å²) in [5, 5.41) is 2.92. The van der Waals surface area contributed by atoms with Crippen molar-refractivity contribution in [3.05, 3.63) is 53.0 Å². The maximum absolute atomic E-state index is 13.4. The molecule has 18 heavy (non-hydrogen) atoms. The van der Waals surface area contributed by atoms with E-state index >= 15 is 0 Å². The molecule has 1 N–H and O–H groups in total. The average molecular weight is 249 g/mol. The summed E-state index contributed by atoms with van der Waals surface area (Å²) in [7, 11) is 0. The Morgan fingerprint density at radius 3 is 2.67 bits per heavy atom. The number of nitrogens with one attached hydrogen (secondary N) is 1. The minimum Gasteiger partial charge on any atom is -0.365 e. The molecule has 1 aromatic heterocycles. The summed E-state index contributed by atoms with van der Waals surface area (Å²) in [4.78, 5) is 8.39. The van der Waals surface area contributed by atoms with Crippen LogP contribution in [0.5, 0.6) is 0 Å². The number of halogens is 2. The summed E-state index contributed by atoms with van der Waals surface area (Å²) in [6, 6.07) is 3.36. The second-order valence-electron chi connectivity index (χ2n) is 4.02. The monoisotopic (exact) mass is 249 g/mol. The Bertz CT molecular complexity index is 570. The minimum absolute atomic E-state index is 0.167. The SMILES string of the molecule is Cc1ncc(NCc2cc(F)ccc2F)nc1C. The van der Waals surface area contributed by atoms with Crippen LogP contribution in [-0.2, 0) is 6.54 Å². The van der Waals surface area contributed by atoms with Crippen LogP contribution in [-0.4, -0.2) is 9.97 Å². The van der Waals surface area contributed by atoms with Gasteiger partial charge in [0.1, 0.15) is 17.5 Å². The number of hydrogen-bond donors (Lipinski definition) is 1. The van der Waals surface area contributed by atoms with E-state index in [-0.39, 0.29) is 12.1 Å². The van der Waals surface area contributed by atoms with E-state index in [0.29, 0.717) is 5.82 Å². The second kappa shape index (κ2) is 5.08. The van der Waals surface area contributed by atoms with Crippen molar-refractivity contribution in [2.45, 2.75) is 20.4 Å². The normalized spacial score (nSPS) is 10.4. The van der Waals surface area contributed by atoms with E-state index in [1.54, 1.807) is 6.20 Å². The highest BCUT2D eigenvalue weighted by Gasteiger charge is 2.05. The number of aryl methyl sites for hydroxylation is 2. The summed E-state index contributed by atoms with van der Waals surface area (Å²) in [6.45, 7) is 3.87. The van der Waals surface area contributed by atoms with Gasteiger partial charge in [-0.05, 0) is 32.0 Å². The van der Waals surface area contributed by atoms with Crippen LogP contribution in [0.25, 0.3) is 0 Å². The second-order valence-corrected chi connectivity index (χ2v) is 4.02. The Labute approximate surface area is 104 Å². The topological polar surface area (TPSA) is 37.8 Å². The van der Waals surface area contributed by atoms with Gasteiger partial charge in [-0.2, -0.15) is 0 Å². The molecule has 0 bridgehead atoms. The van der Waals surface area contributed by atoms with Gasteiger partial charge in [-0.1, -0.05) is 0 Å². The average Bonchev–Trinajstić information content (AvgIpc) is 2.34. The molecule has 0 aliphatic heterocycles. The van der Waals surface area contributed by atoms with Gasteiger partial charge in [0.25, 0.3) is 0 Å². The first-order valence-electron chi connectivity index (χ1n) is 5.54. The summed E-state index contributed by atoms with van der Waals surface area (Å²) in [5.41, 5.74) is 1.91. The lowest BCUT2D eigenvalue weighted by Gasteiger charge is -2.08. The zero-order valence-corrected chi connectivity index (χ0v) is 10.2. The fourth-order valence-corrected chi connectivity index (χ4v) is 1.49. The largest absolute Gasteiger partial charge is 0.365 e. The van der Waals surface area contributed by atoms with Crippen LogP contribution < -0.4 is 5.32 Å². The number of aromatic nitrogens is 2. The van der Waals surface area contributed by atoms with Crippen molar-refractivity contribution in [1.82, 2.24) is 9.97 Å². The zero-order chi connectivity index (χ0) is 13.1. The van der Waals surface area contributed by atoms with Crippen molar-refractivity contribution in [1.29, 1.82) is 0 Å². The van der Waals surface area contributed by atoms with Crippen molar-refractivity contribution >= 4 is 5.82 Å². The first-order chi connectivity index (χ1) is 8.56. The van der Waals surface area contributed by atoms with Crippen LogP contribution in [0.4, 0.5) is 14.6 Å². The Morgan fingerprint density at radius 2 is 1.94 bits per heavy atom. The van der Waals surface area contributed by atoms with Crippen molar-refractivity contribution in [2.24, 2.45) is 0 Å². The Balaban J connectivity index is 2.11. The predicted molar refractivity (Wildman–Crippen MR) is 65.2 cm³/mol. The van der Waals surface area contributed by atoms with Crippen LogP contribution in [0.2, 0.25) is 0 Å². The maximum atomic E-state index is 13.4. The summed E-state index contributed by atoms with van der Waals surface area (Å²) in [5.74, 6) is -0.359. The number of hydrogen-bond acceptors (Lipinski definition) is 3. The lowest BCUT2D eigenvalue weighted by Crippen LogP contribution is -2.05. The van der Waals surface area contributed by atoms with Crippen LogP contribution in [0.15, 0.2) is 24.4 Å². The molecule has 0 aliphatic carbocycles. The molecule has 2 aromatic rings. The molecule has 94 valence electrons. The van der Waals surface area contributed by atoms with E-state index in [0.717, 1.165) is 29.6 Å². The van der Waals surface area contributed by atoms with E-state index in [1.165, 1.54) is 0 Å². The fraction of sp³-hybridized carbons (Fsp3) is 0.231. The van der Waals surface area contributed by atoms with Crippen molar-refractivity contribution < 1.29 is 8.78 Å². The van der Waals surface area contributed by atoms with E-state index in [4.69, 9.17) is 0 Å². The molecule has 0 spiro atoms. The molecule has 1 heterocycles. The van der Waals surface area contributed by atoms with Crippen LogP contribution in [0, 0.1) is 25.5 Å². The molecule has 5 heteroatoms. The van der Waals surface area contributed by atoms with Crippen LogP contribution >= 0.6 is 0 Å². The molecular weight excluding hydrogens is 236 g/mol. The molecule has 0 saturated carbocycles. The lowest BCUT2D eigenvalue weighted by molar-refractivity contribution is 0.587. The van der Waals surface area contributed by atoms with E-state index in [2.05, 4.69) is 15.3 Å². The van der Waals surface area contributed by atoms with Gasteiger partial charge in [-0.25, -0.2) is 13.8 Å². The van der Waals surface area contributed by atoms with E-state index < -0.39 is 11.6 Å². The fourth-order valence-electron chi connectivity index (χ4n) is 1.49. The molecule has 0 amide bonds.